The van der Waals surface area contributed by atoms with Gasteiger partial charge in [-0.1, -0.05) is 12.1 Å². The maximum Gasteiger partial charge on any atom is 0.228 e. The first kappa shape index (κ1) is 19.3. The van der Waals surface area contributed by atoms with Crippen molar-refractivity contribution in [3.8, 4) is 0 Å². The van der Waals surface area contributed by atoms with Crippen molar-refractivity contribution in [2.75, 3.05) is 36.1 Å². The molecular weight excluding hydrogens is 428 g/mol. The zero-order valence-electron chi connectivity index (χ0n) is 15.3. The molecule has 2 amide bonds. The SMILES string of the molecule is O=C1CC(C(=O)N(CC2CCCO2)C2CCSC2)CN1c1ccccc1Br. The minimum Gasteiger partial charge on any atom is -0.376 e. The van der Waals surface area contributed by atoms with Gasteiger partial charge < -0.3 is 14.5 Å². The van der Waals surface area contributed by atoms with Gasteiger partial charge in [-0.25, -0.2) is 0 Å². The smallest absolute Gasteiger partial charge is 0.228 e. The number of thioether (sulfide) groups is 1. The predicted molar refractivity (Wildman–Crippen MR) is 111 cm³/mol. The fourth-order valence-corrected chi connectivity index (χ4v) is 5.93. The van der Waals surface area contributed by atoms with E-state index in [2.05, 4.69) is 15.9 Å². The zero-order valence-corrected chi connectivity index (χ0v) is 17.7. The summed E-state index contributed by atoms with van der Waals surface area (Å²) in [6.07, 6.45) is 3.58. The van der Waals surface area contributed by atoms with E-state index in [1.165, 1.54) is 0 Å². The average molecular weight is 453 g/mol. The number of hydrogen-bond acceptors (Lipinski definition) is 4. The average Bonchev–Trinajstić information content (AvgIpc) is 3.42. The molecule has 3 saturated heterocycles. The number of ether oxygens (including phenoxy) is 1. The summed E-state index contributed by atoms with van der Waals surface area (Å²) in [6, 6.07) is 7.98. The Morgan fingerprint density at radius 2 is 2.19 bits per heavy atom. The Hall–Kier alpha value is -1.05. The van der Waals surface area contributed by atoms with Gasteiger partial charge in [-0.2, -0.15) is 11.8 Å². The Bertz CT molecular complexity index is 704. The summed E-state index contributed by atoms with van der Waals surface area (Å²) in [5.74, 6) is 1.98. The molecule has 0 aliphatic carbocycles. The number of nitrogens with zero attached hydrogens (tertiary/aromatic N) is 2. The zero-order chi connectivity index (χ0) is 18.8. The van der Waals surface area contributed by atoms with Crippen molar-refractivity contribution in [2.45, 2.75) is 37.8 Å². The fraction of sp³-hybridized carbons (Fsp3) is 0.600. The van der Waals surface area contributed by atoms with Crippen LogP contribution in [0.25, 0.3) is 0 Å². The van der Waals surface area contributed by atoms with E-state index in [0.717, 1.165) is 47.5 Å². The van der Waals surface area contributed by atoms with Gasteiger partial charge in [0.2, 0.25) is 11.8 Å². The first-order valence-corrected chi connectivity index (χ1v) is 11.6. The highest BCUT2D eigenvalue weighted by atomic mass is 79.9. The molecule has 0 aromatic heterocycles. The number of benzene rings is 1. The van der Waals surface area contributed by atoms with Gasteiger partial charge in [0.05, 0.1) is 17.7 Å². The summed E-state index contributed by atoms with van der Waals surface area (Å²) in [6.45, 7) is 1.93. The molecule has 3 aliphatic rings. The first-order chi connectivity index (χ1) is 13.1. The second-order valence-corrected chi connectivity index (χ2v) is 9.50. The van der Waals surface area contributed by atoms with E-state index in [-0.39, 0.29) is 29.9 Å². The van der Waals surface area contributed by atoms with Crippen LogP contribution in [0.3, 0.4) is 0 Å². The van der Waals surface area contributed by atoms with Crippen molar-refractivity contribution >= 4 is 45.2 Å². The molecule has 3 heterocycles. The van der Waals surface area contributed by atoms with Crippen LogP contribution in [0.15, 0.2) is 28.7 Å². The van der Waals surface area contributed by atoms with Crippen LogP contribution in [0.4, 0.5) is 5.69 Å². The molecule has 4 rings (SSSR count). The lowest BCUT2D eigenvalue weighted by atomic mass is 10.0. The van der Waals surface area contributed by atoms with Gasteiger partial charge in [-0.15, -0.1) is 0 Å². The number of anilines is 1. The molecule has 0 saturated carbocycles. The van der Waals surface area contributed by atoms with Crippen LogP contribution >= 0.6 is 27.7 Å². The van der Waals surface area contributed by atoms with E-state index in [0.29, 0.717) is 19.5 Å². The quantitative estimate of drug-likeness (QED) is 0.687. The summed E-state index contributed by atoms with van der Waals surface area (Å²) in [7, 11) is 0. The summed E-state index contributed by atoms with van der Waals surface area (Å²) in [5.41, 5.74) is 0.847. The van der Waals surface area contributed by atoms with E-state index < -0.39 is 0 Å². The van der Waals surface area contributed by atoms with Gasteiger partial charge in [0.25, 0.3) is 0 Å². The topological polar surface area (TPSA) is 49.9 Å². The van der Waals surface area contributed by atoms with Crippen LogP contribution in [0.1, 0.15) is 25.7 Å². The summed E-state index contributed by atoms with van der Waals surface area (Å²) in [4.78, 5) is 29.8. The van der Waals surface area contributed by atoms with Crippen LogP contribution in [0.5, 0.6) is 0 Å². The second-order valence-electron chi connectivity index (χ2n) is 7.50. The van der Waals surface area contributed by atoms with Crippen molar-refractivity contribution in [3.63, 3.8) is 0 Å². The number of carbonyl (C=O) groups is 2. The highest BCUT2D eigenvalue weighted by Crippen LogP contribution is 2.33. The lowest BCUT2D eigenvalue weighted by Crippen LogP contribution is -2.47. The fourth-order valence-electron chi connectivity index (χ4n) is 4.21. The third-order valence-corrected chi connectivity index (χ3v) is 7.49. The van der Waals surface area contributed by atoms with Gasteiger partial charge in [-0.3, -0.25) is 9.59 Å². The summed E-state index contributed by atoms with van der Waals surface area (Å²) in [5, 5.41) is 0. The van der Waals surface area contributed by atoms with Gasteiger partial charge >= 0.3 is 0 Å². The highest BCUT2D eigenvalue weighted by molar-refractivity contribution is 9.10. The predicted octanol–water partition coefficient (Wildman–Crippen LogP) is 3.32. The molecule has 1 aromatic rings. The van der Waals surface area contributed by atoms with E-state index >= 15 is 0 Å². The molecule has 0 spiro atoms. The van der Waals surface area contributed by atoms with Crippen molar-refractivity contribution in [3.05, 3.63) is 28.7 Å². The Balaban J connectivity index is 1.49. The molecule has 3 aliphatic heterocycles. The Labute approximate surface area is 172 Å². The second kappa shape index (κ2) is 8.53. The monoisotopic (exact) mass is 452 g/mol. The third kappa shape index (κ3) is 4.20. The molecule has 146 valence electrons. The lowest BCUT2D eigenvalue weighted by molar-refractivity contribution is -0.139. The Kier molecular flexibility index (Phi) is 6.09. The largest absolute Gasteiger partial charge is 0.376 e. The number of carbonyl (C=O) groups excluding carboxylic acids is 2. The first-order valence-electron chi connectivity index (χ1n) is 9.68. The molecule has 3 atom stereocenters. The Morgan fingerprint density at radius 1 is 1.33 bits per heavy atom. The van der Waals surface area contributed by atoms with Gasteiger partial charge in [0, 0.05) is 42.4 Å². The molecular formula is C20H25BrN2O3S. The van der Waals surface area contributed by atoms with Crippen molar-refractivity contribution < 1.29 is 14.3 Å². The standard InChI is InChI=1S/C20H25BrN2O3S/c21-17-5-1-2-6-18(17)23-11-14(10-19(23)24)20(25)22(15-7-9-27-13-15)12-16-4-3-8-26-16/h1-2,5-6,14-16H,3-4,7-13H2. The van der Waals surface area contributed by atoms with Crippen molar-refractivity contribution in [1.29, 1.82) is 0 Å². The number of halogens is 1. The summed E-state index contributed by atoms with van der Waals surface area (Å²) >= 11 is 5.43. The van der Waals surface area contributed by atoms with Gasteiger partial charge in [0.1, 0.15) is 0 Å². The molecule has 27 heavy (non-hydrogen) atoms. The maximum atomic E-state index is 13.4. The lowest BCUT2D eigenvalue weighted by Gasteiger charge is -2.32. The van der Waals surface area contributed by atoms with Crippen LogP contribution in [0.2, 0.25) is 0 Å². The number of rotatable bonds is 5. The van der Waals surface area contributed by atoms with Crippen molar-refractivity contribution in [1.82, 2.24) is 4.90 Å². The highest BCUT2D eigenvalue weighted by Gasteiger charge is 2.40. The van der Waals surface area contributed by atoms with E-state index in [1.807, 2.05) is 40.9 Å². The molecule has 0 radical (unpaired) electrons. The molecule has 0 bridgehead atoms. The minimum absolute atomic E-state index is 0.0260. The van der Waals surface area contributed by atoms with Crippen LogP contribution in [-0.4, -0.2) is 60.1 Å². The Morgan fingerprint density at radius 3 is 2.89 bits per heavy atom. The van der Waals surface area contributed by atoms with Gasteiger partial charge in [0.15, 0.2) is 0 Å². The third-order valence-electron chi connectivity index (χ3n) is 5.67. The number of amides is 2. The number of hydrogen-bond donors (Lipinski definition) is 0. The van der Waals surface area contributed by atoms with E-state index in [1.54, 1.807) is 4.90 Å². The maximum absolute atomic E-state index is 13.4. The molecule has 3 unspecified atom stereocenters. The molecule has 3 fully saturated rings. The van der Waals surface area contributed by atoms with E-state index in [9.17, 15) is 9.59 Å². The van der Waals surface area contributed by atoms with Gasteiger partial charge in [-0.05, 0) is 53.1 Å². The summed E-state index contributed by atoms with van der Waals surface area (Å²) < 4.78 is 6.68. The van der Waals surface area contributed by atoms with Crippen molar-refractivity contribution in [2.24, 2.45) is 5.92 Å². The number of para-hydroxylation sites is 1. The van der Waals surface area contributed by atoms with E-state index in [4.69, 9.17) is 4.74 Å². The van der Waals surface area contributed by atoms with Crippen LogP contribution in [-0.2, 0) is 14.3 Å². The molecule has 1 aromatic carbocycles. The molecule has 0 N–H and O–H groups in total. The normalized spacial score (nSPS) is 28.1. The molecule has 5 nitrogen and oxygen atoms in total. The van der Waals surface area contributed by atoms with Crippen LogP contribution in [0, 0.1) is 5.92 Å². The van der Waals surface area contributed by atoms with Crippen LogP contribution < -0.4 is 4.90 Å². The minimum atomic E-state index is -0.267. The molecule has 7 heteroatoms.